The Kier molecular flexibility index (Phi) is 5.99. The largest absolute Gasteiger partial charge is 0.340 e. The number of piperazine rings is 1. The summed E-state index contributed by atoms with van der Waals surface area (Å²) in [6.45, 7) is 8.33. The minimum Gasteiger partial charge on any atom is -0.340 e. The van der Waals surface area contributed by atoms with Crippen LogP contribution in [-0.4, -0.2) is 48.4 Å². The molecule has 0 spiro atoms. The molecule has 17 heavy (non-hydrogen) atoms. The van der Waals surface area contributed by atoms with E-state index in [1.165, 1.54) is 0 Å². The molecule has 1 rings (SSSR count). The average molecular weight is 237 g/mol. The second kappa shape index (κ2) is 7.29. The molecule has 1 aliphatic rings. The van der Waals surface area contributed by atoms with Gasteiger partial charge in [0.15, 0.2) is 0 Å². The van der Waals surface area contributed by atoms with Gasteiger partial charge in [-0.25, -0.2) is 0 Å². The molecule has 4 heteroatoms. The molecule has 4 nitrogen and oxygen atoms in total. The van der Waals surface area contributed by atoms with E-state index in [1.807, 2.05) is 11.8 Å². The number of hydrogen-bond acceptors (Lipinski definition) is 3. The molecule has 1 heterocycles. The third kappa shape index (κ3) is 4.74. The van der Waals surface area contributed by atoms with Crippen molar-refractivity contribution in [3.63, 3.8) is 0 Å². The van der Waals surface area contributed by atoms with Crippen molar-refractivity contribution in [1.29, 1.82) is 5.26 Å². The van der Waals surface area contributed by atoms with E-state index in [2.05, 4.69) is 17.9 Å². The number of unbranched alkanes of at least 4 members (excludes halogenated alkanes) is 1. The topological polar surface area (TPSA) is 47.3 Å². The normalized spacial score (nSPS) is 18.8. The highest BCUT2D eigenvalue weighted by molar-refractivity contribution is 5.76. The monoisotopic (exact) mass is 237 g/mol. The molecule has 0 aromatic heterocycles. The molecule has 1 fully saturated rings. The highest BCUT2D eigenvalue weighted by Gasteiger charge is 2.21. The summed E-state index contributed by atoms with van der Waals surface area (Å²) in [4.78, 5) is 16.0. The summed E-state index contributed by atoms with van der Waals surface area (Å²) in [5, 5.41) is 8.76. The van der Waals surface area contributed by atoms with E-state index in [0.717, 1.165) is 45.6 Å². The summed E-state index contributed by atoms with van der Waals surface area (Å²) < 4.78 is 0. The van der Waals surface area contributed by atoms with Crippen LogP contribution in [0, 0.1) is 17.2 Å². The van der Waals surface area contributed by atoms with Crippen LogP contribution in [-0.2, 0) is 4.79 Å². The maximum Gasteiger partial charge on any atom is 0.222 e. The van der Waals surface area contributed by atoms with E-state index in [0.29, 0.717) is 12.3 Å². The highest BCUT2D eigenvalue weighted by atomic mass is 16.2. The van der Waals surface area contributed by atoms with Crippen LogP contribution < -0.4 is 0 Å². The van der Waals surface area contributed by atoms with Gasteiger partial charge in [-0.1, -0.05) is 13.3 Å². The Bertz CT molecular complexity index is 277. The lowest BCUT2D eigenvalue weighted by atomic mass is 10.1. The lowest BCUT2D eigenvalue weighted by Gasteiger charge is -2.35. The molecule has 0 saturated carbocycles. The van der Waals surface area contributed by atoms with E-state index in [4.69, 9.17) is 5.26 Å². The van der Waals surface area contributed by atoms with Gasteiger partial charge in [0.2, 0.25) is 5.91 Å². The predicted molar refractivity (Wildman–Crippen MR) is 67.3 cm³/mol. The number of carbonyl (C=O) groups excluding carboxylic acids is 1. The maximum atomic E-state index is 11.8. The van der Waals surface area contributed by atoms with Crippen molar-refractivity contribution in [3.8, 4) is 6.07 Å². The zero-order valence-electron chi connectivity index (χ0n) is 11.0. The summed E-state index contributed by atoms with van der Waals surface area (Å²) in [5.41, 5.74) is 0. The van der Waals surface area contributed by atoms with Gasteiger partial charge >= 0.3 is 0 Å². The van der Waals surface area contributed by atoms with Crippen molar-refractivity contribution in [1.82, 2.24) is 9.80 Å². The molecule has 0 N–H and O–H groups in total. The third-order valence-electron chi connectivity index (χ3n) is 3.22. The fourth-order valence-electron chi connectivity index (χ4n) is 2.09. The minimum absolute atomic E-state index is 0.0809. The van der Waals surface area contributed by atoms with Crippen molar-refractivity contribution in [2.75, 3.05) is 32.7 Å². The summed E-state index contributed by atoms with van der Waals surface area (Å²) in [6.07, 6.45) is 2.75. The predicted octanol–water partition coefficient (Wildman–Crippen LogP) is 1.48. The number of rotatable bonds is 5. The van der Waals surface area contributed by atoms with E-state index < -0.39 is 0 Å². The molecular weight excluding hydrogens is 214 g/mol. The molecule has 1 unspecified atom stereocenters. The van der Waals surface area contributed by atoms with Gasteiger partial charge in [0.1, 0.15) is 0 Å². The van der Waals surface area contributed by atoms with Crippen molar-refractivity contribution in [2.45, 2.75) is 33.1 Å². The van der Waals surface area contributed by atoms with E-state index in [-0.39, 0.29) is 5.92 Å². The van der Waals surface area contributed by atoms with Crippen LogP contribution in [0.25, 0.3) is 0 Å². The molecule has 1 aliphatic heterocycles. The zero-order valence-corrected chi connectivity index (χ0v) is 11.0. The van der Waals surface area contributed by atoms with Crippen LogP contribution in [0.3, 0.4) is 0 Å². The van der Waals surface area contributed by atoms with Gasteiger partial charge in [0.05, 0.1) is 12.0 Å². The summed E-state index contributed by atoms with van der Waals surface area (Å²) in [7, 11) is 0. The summed E-state index contributed by atoms with van der Waals surface area (Å²) in [6, 6.07) is 2.25. The van der Waals surface area contributed by atoms with Crippen molar-refractivity contribution >= 4 is 5.91 Å². The molecule has 0 aliphatic carbocycles. The van der Waals surface area contributed by atoms with Crippen LogP contribution >= 0.6 is 0 Å². The molecule has 96 valence electrons. The first-order valence-corrected chi connectivity index (χ1v) is 6.57. The molecule has 1 saturated heterocycles. The number of hydrogen-bond donors (Lipinski definition) is 0. The zero-order chi connectivity index (χ0) is 12.7. The van der Waals surface area contributed by atoms with E-state index >= 15 is 0 Å². The number of nitriles is 1. The fraction of sp³-hybridized carbons (Fsp3) is 0.846. The Morgan fingerprint density at radius 3 is 2.53 bits per heavy atom. The Labute approximate surface area is 104 Å². The molecule has 0 aromatic rings. The lowest BCUT2D eigenvalue weighted by molar-refractivity contribution is -0.133. The molecular formula is C13H23N3O. The summed E-state index contributed by atoms with van der Waals surface area (Å²) >= 11 is 0. The molecule has 0 bridgehead atoms. The van der Waals surface area contributed by atoms with Gasteiger partial charge in [-0.2, -0.15) is 5.26 Å². The fourth-order valence-corrected chi connectivity index (χ4v) is 2.09. The lowest BCUT2D eigenvalue weighted by Crippen LogP contribution is -2.49. The van der Waals surface area contributed by atoms with Crippen LogP contribution in [0.4, 0.5) is 0 Å². The van der Waals surface area contributed by atoms with Gasteiger partial charge in [-0.3, -0.25) is 9.69 Å². The first kappa shape index (κ1) is 14.0. The molecule has 1 atom stereocenters. The van der Waals surface area contributed by atoms with Gasteiger partial charge in [0.25, 0.3) is 0 Å². The van der Waals surface area contributed by atoms with E-state index in [1.54, 1.807) is 0 Å². The van der Waals surface area contributed by atoms with Crippen LogP contribution in [0.15, 0.2) is 0 Å². The first-order chi connectivity index (χ1) is 8.17. The van der Waals surface area contributed by atoms with Gasteiger partial charge in [0, 0.05) is 39.1 Å². The molecule has 0 aromatic carbocycles. The van der Waals surface area contributed by atoms with Gasteiger partial charge in [-0.05, 0) is 13.3 Å². The average Bonchev–Trinajstić information content (AvgIpc) is 2.36. The Hall–Kier alpha value is -1.08. The van der Waals surface area contributed by atoms with E-state index in [9.17, 15) is 4.79 Å². The Morgan fingerprint density at radius 1 is 1.35 bits per heavy atom. The van der Waals surface area contributed by atoms with Crippen LogP contribution in [0.1, 0.15) is 33.1 Å². The van der Waals surface area contributed by atoms with Crippen molar-refractivity contribution < 1.29 is 4.79 Å². The SMILES string of the molecule is CCCCC(=O)N1CCN(CC(C)C#N)CC1. The van der Waals surface area contributed by atoms with Gasteiger partial charge in [-0.15, -0.1) is 0 Å². The maximum absolute atomic E-state index is 11.8. The molecule has 0 radical (unpaired) electrons. The Morgan fingerprint density at radius 2 is 2.00 bits per heavy atom. The number of carbonyl (C=O) groups is 1. The van der Waals surface area contributed by atoms with Gasteiger partial charge < -0.3 is 4.90 Å². The number of amides is 1. The number of nitrogens with zero attached hydrogens (tertiary/aromatic N) is 3. The van der Waals surface area contributed by atoms with Crippen molar-refractivity contribution in [3.05, 3.63) is 0 Å². The van der Waals surface area contributed by atoms with Crippen LogP contribution in [0.2, 0.25) is 0 Å². The Balaban J connectivity index is 2.26. The van der Waals surface area contributed by atoms with Crippen molar-refractivity contribution in [2.24, 2.45) is 5.92 Å². The highest BCUT2D eigenvalue weighted by Crippen LogP contribution is 2.08. The second-order valence-corrected chi connectivity index (χ2v) is 4.82. The first-order valence-electron chi connectivity index (χ1n) is 6.57. The summed E-state index contributed by atoms with van der Waals surface area (Å²) in [5.74, 6) is 0.372. The standard InChI is InChI=1S/C13H23N3O/c1-3-4-5-13(17)16-8-6-15(7-9-16)11-12(2)10-14/h12H,3-9,11H2,1-2H3. The minimum atomic E-state index is 0.0809. The second-order valence-electron chi connectivity index (χ2n) is 4.82. The quantitative estimate of drug-likeness (QED) is 0.727. The third-order valence-corrected chi connectivity index (χ3v) is 3.22. The smallest absolute Gasteiger partial charge is 0.222 e. The molecule has 1 amide bonds. The van der Waals surface area contributed by atoms with Crippen LogP contribution in [0.5, 0.6) is 0 Å².